The van der Waals surface area contributed by atoms with E-state index in [2.05, 4.69) is 16.6 Å². The summed E-state index contributed by atoms with van der Waals surface area (Å²) in [5.41, 5.74) is 1.20. The zero-order chi connectivity index (χ0) is 17.3. The van der Waals surface area contributed by atoms with E-state index >= 15 is 0 Å². The summed E-state index contributed by atoms with van der Waals surface area (Å²) in [6.45, 7) is 5.60. The Morgan fingerprint density at radius 2 is 2.00 bits per heavy atom. The van der Waals surface area contributed by atoms with Crippen molar-refractivity contribution in [1.82, 2.24) is 20.0 Å². The fraction of sp³-hybridized carbons (Fsp3) is 0.778. The molecule has 1 atom stereocenters. The molecule has 1 aliphatic heterocycles. The Hall–Kier alpha value is -1.40. The second-order valence-corrected chi connectivity index (χ2v) is 7.73. The number of aliphatic hydroxyl groups is 1. The highest BCUT2D eigenvalue weighted by Crippen LogP contribution is 2.38. The van der Waals surface area contributed by atoms with Gasteiger partial charge in [-0.2, -0.15) is 5.10 Å². The summed E-state index contributed by atoms with van der Waals surface area (Å²) in [7, 11) is 1.94. The number of nitrogens with one attached hydrogen (secondary N) is 1. The summed E-state index contributed by atoms with van der Waals surface area (Å²) in [5.74, 6) is 0.813. The number of hydrogen-bond donors (Lipinski definition) is 2. The molecule has 2 heterocycles. The lowest BCUT2D eigenvalue weighted by atomic mass is 9.75. The van der Waals surface area contributed by atoms with Crippen molar-refractivity contribution in [3.63, 3.8) is 0 Å². The maximum Gasteiger partial charge on any atom is 0.225 e. The van der Waals surface area contributed by atoms with Gasteiger partial charge in [-0.25, -0.2) is 0 Å². The summed E-state index contributed by atoms with van der Waals surface area (Å²) in [6.07, 6.45) is 7.55. The van der Waals surface area contributed by atoms with Crippen LogP contribution >= 0.6 is 0 Å². The van der Waals surface area contributed by atoms with Crippen molar-refractivity contribution in [3.8, 4) is 0 Å². The average molecular weight is 334 g/mol. The summed E-state index contributed by atoms with van der Waals surface area (Å²) in [5, 5.41) is 17.8. The summed E-state index contributed by atoms with van der Waals surface area (Å²) >= 11 is 0. The van der Waals surface area contributed by atoms with E-state index < -0.39 is 0 Å². The molecule has 0 spiro atoms. The van der Waals surface area contributed by atoms with E-state index in [1.54, 1.807) is 0 Å². The number of piperidine rings is 1. The quantitative estimate of drug-likeness (QED) is 0.855. The van der Waals surface area contributed by atoms with Gasteiger partial charge in [-0.3, -0.25) is 9.48 Å². The smallest absolute Gasteiger partial charge is 0.225 e. The Morgan fingerprint density at radius 3 is 2.50 bits per heavy atom. The van der Waals surface area contributed by atoms with Gasteiger partial charge in [0.1, 0.15) is 0 Å². The molecule has 1 saturated heterocycles. The number of aryl methyl sites for hydroxylation is 1. The number of nitrogens with zero attached hydrogens (tertiary/aromatic N) is 3. The highest BCUT2D eigenvalue weighted by atomic mass is 16.3. The van der Waals surface area contributed by atoms with Gasteiger partial charge in [0.25, 0.3) is 0 Å². The Bertz CT molecular complexity index is 557. The molecule has 24 heavy (non-hydrogen) atoms. The first-order valence-electron chi connectivity index (χ1n) is 9.15. The van der Waals surface area contributed by atoms with Gasteiger partial charge in [-0.05, 0) is 31.6 Å². The third kappa shape index (κ3) is 3.81. The van der Waals surface area contributed by atoms with Crippen LogP contribution in [0.2, 0.25) is 0 Å². The van der Waals surface area contributed by atoms with Gasteiger partial charge in [0.2, 0.25) is 5.91 Å². The van der Waals surface area contributed by atoms with Crippen LogP contribution in [0.25, 0.3) is 0 Å². The molecule has 1 amide bonds. The first-order valence-corrected chi connectivity index (χ1v) is 9.15. The van der Waals surface area contributed by atoms with Crippen molar-refractivity contribution in [3.05, 3.63) is 18.0 Å². The Morgan fingerprint density at radius 1 is 1.33 bits per heavy atom. The van der Waals surface area contributed by atoms with E-state index in [0.29, 0.717) is 12.0 Å². The van der Waals surface area contributed by atoms with Crippen LogP contribution in [-0.4, -0.2) is 50.9 Å². The minimum Gasteiger partial charge on any atom is -0.393 e. The van der Waals surface area contributed by atoms with Gasteiger partial charge in [0.15, 0.2) is 0 Å². The maximum atomic E-state index is 12.1. The number of aromatic nitrogens is 2. The molecule has 2 aliphatic rings. The molecule has 6 nitrogen and oxygen atoms in total. The molecule has 2 N–H and O–H groups in total. The molecule has 0 bridgehead atoms. The van der Waals surface area contributed by atoms with Crippen molar-refractivity contribution in [2.75, 3.05) is 13.1 Å². The Labute approximate surface area is 144 Å². The first-order chi connectivity index (χ1) is 11.4. The molecule has 2 fully saturated rings. The van der Waals surface area contributed by atoms with Crippen LogP contribution in [0.5, 0.6) is 0 Å². The monoisotopic (exact) mass is 334 g/mol. The molecule has 0 radical (unpaired) electrons. The van der Waals surface area contributed by atoms with Gasteiger partial charge < -0.3 is 15.3 Å². The number of carbonyl (C=O) groups excluding carboxylic acids is 1. The molecule has 1 aliphatic carbocycles. The molecular formula is C18H30N4O2. The van der Waals surface area contributed by atoms with Gasteiger partial charge in [-0.1, -0.05) is 13.8 Å². The molecule has 0 aromatic carbocycles. The lowest BCUT2D eigenvalue weighted by Crippen LogP contribution is -2.49. The first kappa shape index (κ1) is 17.4. The predicted molar refractivity (Wildman–Crippen MR) is 92.3 cm³/mol. The molecule has 1 aromatic heterocycles. The molecule has 1 saturated carbocycles. The lowest BCUT2D eigenvalue weighted by molar-refractivity contribution is -0.135. The van der Waals surface area contributed by atoms with Crippen molar-refractivity contribution in [2.24, 2.45) is 18.9 Å². The molecular weight excluding hydrogens is 304 g/mol. The maximum absolute atomic E-state index is 12.1. The highest BCUT2D eigenvalue weighted by Gasteiger charge is 2.37. The second kappa shape index (κ2) is 7.23. The van der Waals surface area contributed by atoms with Gasteiger partial charge in [0, 0.05) is 49.9 Å². The van der Waals surface area contributed by atoms with Gasteiger partial charge in [0.05, 0.1) is 12.3 Å². The van der Waals surface area contributed by atoms with Crippen molar-refractivity contribution >= 4 is 5.91 Å². The van der Waals surface area contributed by atoms with Crippen LogP contribution in [0.3, 0.4) is 0 Å². The highest BCUT2D eigenvalue weighted by molar-refractivity contribution is 5.78. The van der Waals surface area contributed by atoms with E-state index in [-0.39, 0.29) is 24.0 Å². The second-order valence-electron chi connectivity index (χ2n) is 7.73. The van der Waals surface area contributed by atoms with Crippen LogP contribution in [0.1, 0.15) is 51.1 Å². The Kier molecular flexibility index (Phi) is 5.25. The SMILES string of the molecule is CC(C)C(=O)N1CCC(N[C@@H](c2cnn(C)c2)C2CC(O)C2)CC1. The average Bonchev–Trinajstić information content (AvgIpc) is 2.96. The zero-order valence-electron chi connectivity index (χ0n) is 15.0. The van der Waals surface area contributed by atoms with Crippen molar-refractivity contribution < 1.29 is 9.90 Å². The summed E-state index contributed by atoms with van der Waals surface area (Å²) < 4.78 is 1.84. The van der Waals surface area contributed by atoms with Crippen LogP contribution in [0, 0.1) is 11.8 Å². The molecule has 134 valence electrons. The summed E-state index contributed by atoms with van der Waals surface area (Å²) in [6, 6.07) is 0.670. The fourth-order valence-corrected chi connectivity index (χ4v) is 3.89. The van der Waals surface area contributed by atoms with Crippen molar-refractivity contribution in [1.29, 1.82) is 0 Å². The van der Waals surface area contributed by atoms with Gasteiger partial charge >= 0.3 is 0 Å². The predicted octanol–water partition coefficient (Wildman–Crippen LogP) is 1.47. The van der Waals surface area contributed by atoms with E-state index in [4.69, 9.17) is 0 Å². The number of aliphatic hydroxyl groups excluding tert-OH is 1. The van der Waals surface area contributed by atoms with Crippen LogP contribution in [0.4, 0.5) is 0 Å². The van der Waals surface area contributed by atoms with Crippen LogP contribution < -0.4 is 5.32 Å². The number of carbonyl (C=O) groups is 1. The van der Waals surface area contributed by atoms with Gasteiger partial charge in [-0.15, -0.1) is 0 Å². The number of hydrogen-bond acceptors (Lipinski definition) is 4. The summed E-state index contributed by atoms with van der Waals surface area (Å²) in [4.78, 5) is 14.1. The van der Waals surface area contributed by atoms with E-state index in [1.165, 1.54) is 5.56 Å². The Balaban J connectivity index is 1.59. The zero-order valence-corrected chi connectivity index (χ0v) is 15.0. The topological polar surface area (TPSA) is 70.4 Å². The molecule has 1 aromatic rings. The minimum absolute atomic E-state index is 0.0779. The fourth-order valence-electron chi connectivity index (χ4n) is 3.89. The van der Waals surface area contributed by atoms with Crippen LogP contribution in [0.15, 0.2) is 12.4 Å². The number of rotatable bonds is 5. The van der Waals surface area contributed by atoms with E-state index in [0.717, 1.165) is 38.8 Å². The van der Waals surface area contributed by atoms with Crippen molar-refractivity contribution in [2.45, 2.75) is 57.7 Å². The molecule has 6 heteroatoms. The lowest BCUT2D eigenvalue weighted by Gasteiger charge is -2.41. The van der Waals surface area contributed by atoms with E-state index in [1.807, 2.05) is 36.7 Å². The third-order valence-electron chi connectivity index (χ3n) is 5.42. The third-order valence-corrected chi connectivity index (χ3v) is 5.42. The van der Waals surface area contributed by atoms with Crippen LogP contribution in [-0.2, 0) is 11.8 Å². The number of likely N-dealkylation sites (tertiary alicyclic amines) is 1. The normalized spacial score (nSPS) is 26.5. The number of amides is 1. The largest absolute Gasteiger partial charge is 0.393 e. The van der Waals surface area contributed by atoms with E-state index in [9.17, 15) is 9.90 Å². The molecule has 0 unspecified atom stereocenters. The minimum atomic E-state index is -0.151. The standard InChI is InChI=1S/C18H30N4O2/c1-12(2)18(24)22-6-4-15(5-7-22)20-17(13-8-16(23)9-13)14-10-19-21(3)11-14/h10-13,15-17,20,23H,4-9H2,1-3H3/t13?,16?,17-/m1/s1. The molecule has 3 rings (SSSR count).